The van der Waals surface area contributed by atoms with Crippen molar-refractivity contribution >= 4 is 6.09 Å². The maximum atomic E-state index is 11.6. The summed E-state index contributed by atoms with van der Waals surface area (Å²) in [6.45, 7) is 5.93. The first-order chi connectivity index (χ1) is 9.31. The van der Waals surface area contributed by atoms with Crippen molar-refractivity contribution in [3.05, 3.63) is 0 Å². The third-order valence-corrected chi connectivity index (χ3v) is 4.46. The Morgan fingerprint density at radius 2 is 2.11 bits per heavy atom. The van der Waals surface area contributed by atoms with Gasteiger partial charge < -0.3 is 10.1 Å². The Labute approximate surface area is 116 Å². The van der Waals surface area contributed by atoms with E-state index in [4.69, 9.17) is 4.74 Å². The molecule has 2 heterocycles. The van der Waals surface area contributed by atoms with Gasteiger partial charge in [-0.2, -0.15) is 0 Å². The number of unbranched alkanes of at least 4 members (excludes halogenated alkanes) is 1. The van der Waals surface area contributed by atoms with Crippen LogP contribution in [0.4, 0.5) is 4.79 Å². The molecule has 19 heavy (non-hydrogen) atoms. The zero-order valence-corrected chi connectivity index (χ0v) is 12.2. The van der Waals surface area contributed by atoms with Gasteiger partial charge in [-0.25, -0.2) is 4.79 Å². The van der Waals surface area contributed by atoms with Gasteiger partial charge in [0.05, 0.1) is 6.61 Å². The number of nitrogens with zero attached hydrogens (tertiary/aromatic N) is 1. The fourth-order valence-corrected chi connectivity index (χ4v) is 3.37. The molecule has 0 unspecified atom stereocenters. The fraction of sp³-hybridized carbons (Fsp3) is 0.933. The van der Waals surface area contributed by atoms with E-state index in [-0.39, 0.29) is 6.09 Å². The van der Waals surface area contributed by atoms with Crippen LogP contribution in [0.3, 0.4) is 0 Å². The van der Waals surface area contributed by atoms with Crippen molar-refractivity contribution < 1.29 is 9.53 Å². The number of hydrogen-bond donors (Lipinski definition) is 1. The Morgan fingerprint density at radius 1 is 1.26 bits per heavy atom. The number of hydrogen-bond acceptors (Lipinski definition) is 3. The number of alkyl carbamates (subject to hydrolysis) is 1. The van der Waals surface area contributed by atoms with Gasteiger partial charge in [0.25, 0.3) is 0 Å². The fourth-order valence-electron chi connectivity index (χ4n) is 3.37. The summed E-state index contributed by atoms with van der Waals surface area (Å²) in [6.07, 6.45) is 8.30. The molecule has 4 nitrogen and oxygen atoms in total. The first-order valence-corrected chi connectivity index (χ1v) is 7.96. The highest BCUT2D eigenvalue weighted by molar-refractivity contribution is 5.67. The third-order valence-electron chi connectivity index (χ3n) is 4.46. The molecule has 110 valence electrons. The quantitative estimate of drug-likeness (QED) is 0.780. The van der Waals surface area contributed by atoms with Crippen molar-refractivity contribution in [2.45, 2.75) is 57.9 Å². The molecule has 0 saturated carbocycles. The van der Waals surface area contributed by atoms with Crippen LogP contribution in [-0.4, -0.2) is 43.3 Å². The van der Waals surface area contributed by atoms with E-state index in [2.05, 4.69) is 17.1 Å². The van der Waals surface area contributed by atoms with Crippen LogP contribution in [0.2, 0.25) is 0 Å². The van der Waals surface area contributed by atoms with Crippen molar-refractivity contribution in [2.24, 2.45) is 5.92 Å². The summed E-state index contributed by atoms with van der Waals surface area (Å²) in [5.41, 5.74) is 0. The summed E-state index contributed by atoms with van der Waals surface area (Å²) >= 11 is 0. The van der Waals surface area contributed by atoms with Gasteiger partial charge in [-0.05, 0) is 45.2 Å². The predicted molar refractivity (Wildman–Crippen MR) is 76.2 cm³/mol. The van der Waals surface area contributed by atoms with E-state index in [0.29, 0.717) is 18.6 Å². The molecule has 0 spiro atoms. The number of amides is 1. The number of nitrogens with one attached hydrogen (secondary N) is 1. The molecule has 0 radical (unpaired) electrons. The Bertz CT molecular complexity index is 281. The van der Waals surface area contributed by atoms with E-state index in [1.54, 1.807) is 0 Å². The van der Waals surface area contributed by atoms with E-state index in [9.17, 15) is 4.79 Å². The normalized spacial score (nSPS) is 27.6. The number of carbonyl (C=O) groups is 1. The van der Waals surface area contributed by atoms with Crippen LogP contribution in [0, 0.1) is 5.92 Å². The largest absolute Gasteiger partial charge is 0.449 e. The monoisotopic (exact) mass is 268 g/mol. The van der Waals surface area contributed by atoms with Gasteiger partial charge in [0.15, 0.2) is 0 Å². The van der Waals surface area contributed by atoms with Crippen LogP contribution in [0.5, 0.6) is 0 Å². The highest BCUT2D eigenvalue weighted by atomic mass is 16.5. The van der Waals surface area contributed by atoms with Crippen LogP contribution >= 0.6 is 0 Å². The molecule has 2 atom stereocenters. The lowest BCUT2D eigenvalue weighted by Gasteiger charge is -2.44. The van der Waals surface area contributed by atoms with E-state index in [0.717, 1.165) is 19.4 Å². The number of rotatable bonds is 5. The minimum absolute atomic E-state index is 0.235. The zero-order chi connectivity index (χ0) is 13.5. The molecule has 4 heteroatoms. The molecule has 0 aromatic carbocycles. The number of ether oxygens (including phenoxy) is 1. The first kappa shape index (κ1) is 14.6. The van der Waals surface area contributed by atoms with E-state index >= 15 is 0 Å². The van der Waals surface area contributed by atoms with Crippen molar-refractivity contribution in [3.8, 4) is 0 Å². The van der Waals surface area contributed by atoms with Crippen LogP contribution in [0.15, 0.2) is 0 Å². The van der Waals surface area contributed by atoms with E-state index in [1.165, 1.54) is 45.2 Å². The van der Waals surface area contributed by atoms with Gasteiger partial charge >= 0.3 is 6.09 Å². The number of carbonyl (C=O) groups excluding carboxylic acids is 1. The molecule has 2 rings (SSSR count). The highest BCUT2D eigenvalue weighted by Crippen LogP contribution is 2.30. The van der Waals surface area contributed by atoms with Gasteiger partial charge in [0, 0.05) is 18.5 Å². The van der Waals surface area contributed by atoms with Gasteiger partial charge in [0.2, 0.25) is 0 Å². The van der Waals surface area contributed by atoms with Gasteiger partial charge in [-0.3, -0.25) is 4.90 Å². The number of piperidine rings is 2. The van der Waals surface area contributed by atoms with Gasteiger partial charge in [0.1, 0.15) is 0 Å². The van der Waals surface area contributed by atoms with Gasteiger partial charge in [-0.15, -0.1) is 0 Å². The minimum atomic E-state index is -0.235. The molecule has 0 bridgehead atoms. The Hall–Kier alpha value is -0.770. The summed E-state index contributed by atoms with van der Waals surface area (Å²) in [4.78, 5) is 14.2. The van der Waals surface area contributed by atoms with Crippen LogP contribution in [0.1, 0.15) is 51.9 Å². The second-order valence-corrected chi connectivity index (χ2v) is 5.88. The summed E-state index contributed by atoms with van der Waals surface area (Å²) < 4.78 is 5.40. The molecule has 2 fully saturated rings. The molecule has 0 aromatic rings. The van der Waals surface area contributed by atoms with Crippen LogP contribution in [0.25, 0.3) is 0 Å². The van der Waals surface area contributed by atoms with Crippen molar-refractivity contribution in [1.82, 2.24) is 10.2 Å². The molecular formula is C15H28N2O2. The van der Waals surface area contributed by atoms with Gasteiger partial charge in [-0.1, -0.05) is 19.8 Å². The molecule has 1 N–H and O–H groups in total. The zero-order valence-electron chi connectivity index (χ0n) is 12.2. The first-order valence-electron chi connectivity index (χ1n) is 7.96. The number of fused-ring (bicyclic) bond motifs is 1. The maximum absolute atomic E-state index is 11.6. The molecule has 2 saturated heterocycles. The topological polar surface area (TPSA) is 41.6 Å². The lowest BCUT2D eigenvalue weighted by atomic mass is 9.84. The molecule has 0 aliphatic carbocycles. The van der Waals surface area contributed by atoms with Crippen molar-refractivity contribution in [3.63, 3.8) is 0 Å². The van der Waals surface area contributed by atoms with Crippen molar-refractivity contribution in [1.29, 1.82) is 0 Å². The maximum Gasteiger partial charge on any atom is 0.407 e. The second-order valence-electron chi connectivity index (χ2n) is 5.88. The lowest BCUT2D eigenvalue weighted by molar-refractivity contribution is 0.0235. The molecule has 1 amide bonds. The standard InChI is InChI=1S/C15H28N2O2/c1-2-3-9-16-15(18)19-12-13-7-6-11-17-10-5-4-8-14(13)17/h13-14H,2-12H2,1H3,(H,16,18)/t13-,14-/m1/s1. The smallest absolute Gasteiger partial charge is 0.407 e. The molecule has 2 aliphatic heterocycles. The predicted octanol–water partition coefficient (Wildman–Crippen LogP) is 2.78. The summed E-state index contributed by atoms with van der Waals surface area (Å²) in [5.74, 6) is 0.547. The summed E-state index contributed by atoms with van der Waals surface area (Å²) in [5, 5.41) is 2.82. The average Bonchev–Trinajstić information content (AvgIpc) is 2.45. The average molecular weight is 268 g/mol. The Morgan fingerprint density at radius 3 is 2.95 bits per heavy atom. The van der Waals surface area contributed by atoms with E-state index in [1.807, 2.05) is 0 Å². The summed E-state index contributed by atoms with van der Waals surface area (Å²) in [6, 6.07) is 0.658. The summed E-state index contributed by atoms with van der Waals surface area (Å²) in [7, 11) is 0. The highest BCUT2D eigenvalue weighted by Gasteiger charge is 2.33. The van der Waals surface area contributed by atoms with E-state index < -0.39 is 0 Å². The molecule has 0 aromatic heterocycles. The van der Waals surface area contributed by atoms with Crippen LogP contribution in [-0.2, 0) is 4.74 Å². The third kappa shape index (κ3) is 4.37. The minimum Gasteiger partial charge on any atom is -0.449 e. The lowest BCUT2D eigenvalue weighted by Crippen LogP contribution is -2.49. The molecular weight excluding hydrogens is 240 g/mol. The van der Waals surface area contributed by atoms with Crippen LogP contribution < -0.4 is 5.32 Å². The van der Waals surface area contributed by atoms with Crippen molar-refractivity contribution in [2.75, 3.05) is 26.2 Å². The second kappa shape index (κ2) is 7.73. The molecule has 2 aliphatic rings. The SMILES string of the molecule is CCCCNC(=O)OC[C@H]1CCCN2CCCC[C@H]12. The Kier molecular flexibility index (Phi) is 5.95. The Balaban J connectivity index is 1.70.